The number of benzene rings is 1. The Morgan fingerprint density at radius 3 is 3.14 bits per heavy atom. The maximum absolute atomic E-state index is 12.2. The Bertz CT molecular complexity index is 694. The molecule has 112 valence electrons. The van der Waals surface area contributed by atoms with Gasteiger partial charge in [0.2, 0.25) is 0 Å². The minimum absolute atomic E-state index is 0.0388. The van der Waals surface area contributed by atoms with E-state index in [1.54, 1.807) is 0 Å². The van der Waals surface area contributed by atoms with Crippen molar-refractivity contribution >= 4 is 10.9 Å². The van der Waals surface area contributed by atoms with Crippen LogP contribution in [-0.4, -0.2) is 41.0 Å². The molecule has 2 N–H and O–H groups in total. The smallest absolute Gasteiger partial charge is 0.258 e. The summed E-state index contributed by atoms with van der Waals surface area (Å²) in [6.45, 7) is 4.77. The van der Waals surface area contributed by atoms with E-state index in [0.717, 1.165) is 30.0 Å². The number of hydrogen-bond donors (Lipinski definition) is 2. The quantitative estimate of drug-likeness (QED) is 0.892. The van der Waals surface area contributed by atoms with Gasteiger partial charge in [0, 0.05) is 12.6 Å². The van der Waals surface area contributed by atoms with Crippen molar-refractivity contribution in [1.29, 1.82) is 0 Å². The predicted octanol–water partition coefficient (Wildman–Crippen LogP) is 1.42. The molecule has 1 aromatic heterocycles. The number of hydrogen-bond acceptors (Lipinski definition) is 4. The number of rotatable bonds is 4. The second kappa shape index (κ2) is 5.95. The van der Waals surface area contributed by atoms with Crippen LogP contribution in [0, 0.1) is 6.92 Å². The Kier molecular flexibility index (Phi) is 4.03. The monoisotopic (exact) mass is 286 g/mol. The lowest BCUT2D eigenvalue weighted by Crippen LogP contribution is -2.37. The first-order valence-electron chi connectivity index (χ1n) is 7.56. The molecular weight excluding hydrogens is 264 g/mol. The molecule has 1 aromatic carbocycles. The van der Waals surface area contributed by atoms with Crippen LogP contribution in [0.15, 0.2) is 23.0 Å². The lowest BCUT2D eigenvalue weighted by molar-refractivity contribution is 0.236. The summed E-state index contributed by atoms with van der Waals surface area (Å²) in [4.78, 5) is 22.2. The van der Waals surface area contributed by atoms with Gasteiger partial charge in [-0.15, -0.1) is 0 Å². The third-order valence-corrected chi connectivity index (χ3v) is 4.28. The van der Waals surface area contributed by atoms with E-state index in [9.17, 15) is 4.79 Å². The fraction of sp³-hybridized carbons (Fsp3) is 0.500. The van der Waals surface area contributed by atoms with Crippen molar-refractivity contribution in [1.82, 2.24) is 20.2 Å². The fourth-order valence-corrected chi connectivity index (χ4v) is 3.19. The van der Waals surface area contributed by atoms with Crippen LogP contribution in [0.3, 0.4) is 0 Å². The van der Waals surface area contributed by atoms with Crippen molar-refractivity contribution in [3.63, 3.8) is 0 Å². The third-order valence-electron chi connectivity index (χ3n) is 4.28. The molecule has 21 heavy (non-hydrogen) atoms. The van der Waals surface area contributed by atoms with Gasteiger partial charge in [0.05, 0.1) is 17.4 Å². The van der Waals surface area contributed by atoms with Gasteiger partial charge in [0.1, 0.15) is 5.82 Å². The van der Waals surface area contributed by atoms with E-state index < -0.39 is 0 Å². The summed E-state index contributed by atoms with van der Waals surface area (Å²) in [5, 5.41) is 3.91. The van der Waals surface area contributed by atoms with Crippen LogP contribution in [0.2, 0.25) is 0 Å². The van der Waals surface area contributed by atoms with Gasteiger partial charge in [-0.05, 0) is 45.0 Å². The molecule has 0 amide bonds. The Hall–Kier alpha value is -1.72. The highest BCUT2D eigenvalue weighted by Gasteiger charge is 2.24. The zero-order chi connectivity index (χ0) is 14.8. The molecule has 1 aliphatic heterocycles. The molecule has 5 nitrogen and oxygen atoms in total. The van der Waals surface area contributed by atoms with Crippen LogP contribution in [0.25, 0.3) is 10.9 Å². The third kappa shape index (κ3) is 2.84. The maximum Gasteiger partial charge on any atom is 0.258 e. The molecule has 0 aliphatic carbocycles. The molecule has 0 radical (unpaired) electrons. The Morgan fingerprint density at radius 1 is 1.48 bits per heavy atom. The zero-order valence-electron chi connectivity index (χ0n) is 12.6. The number of aromatic amines is 1. The number of likely N-dealkylation sites (tertiary alicyclic amines) is 1. The van der Waals surface area contributed by atoms with Crippen LogP contribution in [-0.2, 0) is 6.54 Å². The SMILES string of the molecule is CNCC1CCCN1Cc1nc2c(C)cccc2c(=O)[nH]1. The predicted molar refractivity (Wildman–Crippen MR) is 84.5 cm³/mol. The van der Waals surface area contributed by atoms with E-state index >= 15 is 0 Å². The molecule has 5 heteroatoms. The number of nitrogens with one attached hydrogen (secondary N) is 2. The second-order valence-corrected chi connectivity index (χ2v) is 5.81. The number of aryl methyl sites for hydroxylation is 1. The highest BCUT2D eigenvalue weighted by Crippen LogP contribution is 2.19. The summed E-state index contributed by atoms with van der Waals surface area (Å²) in [5.74, 6) is 0.768. The first-order chi connectivity index (χ1) is 10.2. The molecule has 2 heterocycles. The van der Waals surface area contributed by atoms with E-state index in [1.807, 2.05) is 32.2 Å². The number of para-hydroxylation sites is 1. The van der Waals surface area contributed by atoms with Gasteiger partial charge in [0.25, 0.3) is 5.56 Å². The van der Waals surface area contributed by atoms with Crippen LogP contribution in [0.1, 0.15) is 24.2 Å². The van der Waals surface area contributed by atoms with Gasteiger partial charge in [0.15, 0.2) is 0 Å². The minimum atomic E-state index is -0.0388. The second-order valence-electron chi connectivity index (χ2n) is 5.81. The van der Waals surface area contributed by atoms with Crippen molar-refractivity contribution in [3.8, 4) is 0 Å². The number of aromatic nitrogens is 2. The largest absolute Gasteiger partial charge is 0.318 e. The van der Waals surface area contributed by atoms with Crippen molar-refractivity contribution in [2.45, 2.75) is 32.4 Å². The summed E-state index contributed by atoms with van der Waals surface area (Å²) < 4.78 is 0. The van der Waals surface area contributed by atoms with Gasteiger partial charge >= 0.3 is 0 Å². The van der Waals surface area contributed by atoms with E-state index in [4.69, 9.17) is 0 Å². The van der Waals surface area contributed by atoms with Crippen LogP contribution in [0.5, 0.6) is 0 Å². The average molecular weight is 286 g/mol. The lowest BCUT2D eigenvalue weighted by Gasteiger charge is -2.23. The van der Waals surface area contributed by atoms with Crippen molar-refractivity contribution in [3.05, 3.63) is 39.9 Å². The first-order valence-corrected chi connectivity index (χ1v) is 7.56. The van der Waals surface area contributed by atoms with E-state index in [1.165, 1.54) is 12.8 Å². The van der Waals surface area contributed by atoms with Gasteiger partial charge in [-0.2, -0.15) is 0 Å². The number of fused-ring (bicyclic) bond motifs is 1. The van der Waals surface area contributed by atoms with E-state index in [2.05, 4.69) is 20.2 Å². The average Bonchev–Trinajstić information content (AvgIpc) is 2.88. The molecule has 0 bridgehead atoms. The fourth-order valence-electron chi connectivity index (χ4n) is 3.19. The summed E-state index contributed by atoms with van der Waals surface area (Å²) in [6.07, 6.45) is 2.42. The summed E-state index contributed by atoms with van der Waals surface area (Å²) in [5.41, 5.74) is 1.83. The van der Waals surface area contributed by atoms with Gasteiger partial charge in [-0.25, -0.2) is 4.98 Å². The highest BCUT2D eigenvalue weighted by molar-refractivity contribution is 5.80. The van der Waals surface area contributed by atoms with Crippen LogP contribution >= 0.6 is 0 Å². The van der Waals surface area contributed by atoms with Crippen molar-refractivity contribution in [2.24, 2.45) is 0 Å². The number of likely N-dealkylation sites (N-methyl/N-ethyl adjacent to an activating group) is 1. The summed E-state index contributed by atoms with van der Waals surface area (Å²) in [6, 6.07) is 6.26. The topological polar surface area (TPSA) is 61.0 Å². The normalized spacial score (nSPS) is 19.4. The van der Waals surface area contributed by atoms with Crippen molar-refractivity contribution < 1.29 is 0 Å². The van der Waals surface area contributed by atoms with Gasteiger partial charge < -0.3 is 10.3 Å². The van der Waals surface area contributed by atoms with E-state index in [-0.39, 0.29) is 5.56 Å². The number of H-pyrrole nitrogens is 1. The van der Waals surface area contributed by atoms with Gasteiger partial charge in [-0.1, -0.05) is 12.1 Å². The first kappa shape index (κ1) is 14.2. The molecule has 2 aromatic rings. The van der Waals surface area contributed by atoms with Crippen molar-refractivity contribution in [2.75, 3.05) is 20.1 Å². The highest BCUT2D eigenvalue weighted by atomic mass is 16.1. The number of nitrogens with zero attached hydrogens (tertiary/aromatic N) is 2. The molecule has 3 rings (SSSR count). The molecule has 1 saturated heterocycles. The Balaban J connectivity index is 1.91. The maximum atomic E-state index is 12.2. The summed E-state index contributed by atoms with van der Waals surface area (Å²) >= 11 is 0. The zero-order valence-corrected chi connectivity index (χ0v) is 12.6. The van der Waals surface area contributed by atoms with Crippen LogP contribution < -0.4 is 10.9 Å². The van der Waals surface area contributed by atoms with Gasteiger partial charge in [-0.3, -0.25) is 9.69 Å². The molecule has 1 atom stereocenters. The van der Waals surface area contributed by atoms with Crippen LogP contribution in [0.4, 0.5) is 0 Å². The lowest BCUT2D eigenvalue weighted by atomic mass is 10.1. The molecule has 0 spiro atoms. The molecule has 1 aliphatic rings. The van der Waals surface area contributed by atoms with E-state index in [0.29, 0.717) is 18.0 Å². The molecular formula is C16H22N4O. The minimum Gasteiger partial charge on any atom is -0.318 e. The summed E-state index contributed by atoms with van der Waals surface area (Å²) in [7, 11) is 1.98. The molecule has 1 unspecified atom stereocenters. The standard InChI is InChI=1S/C16H22N4O/c1-11-5-3-7-13-15(11)18-14(19-16(13)21)10-20-8-4-6-12(20)9-17-2/h3,5,7,12,17H,4,6,8-10H2,1-2H3,(H,18,19,21). The Morgan fingerprint density at radius 2 is 2.33 bits per heavy atom. The Labute approximate surface area is 124 Å². The molecule has 1 fully saturated rings. The molecule has 0 saturated carbocycles.